The first kappa shape index (κ1) is 28.1. The third kappa shape index (κ3) is 5.60. The number of anilines is 1. The van der Waals surface area contributed by atoms with E-state index in [2.05, 4.69) is 5.32 Å². The molecule has 4 rings (SSSR count). The molecule has 2 aliphatic carbocycles. The van der Waals surface area contributed by atoms with Gasteiger partial charge in [0.15, 0.2) is 27.3 Å². The molecule has 1 amide bonds. The Balaban J connectivity index is 1.57. The molecule has 2 bridgehead atoms. The molecular weight excluding hydrogens is 547 g/mol. The highest BCUT2D eigenvalue weighted by Gasteiger charge is 2.53. The van der Waals surface area contributed by atoms with Crippen molar-refractivity contribution in [2.75, 3.05) is 11.9 Å². The van der Waals surface area contributed by atoms with Gasteiger partial charge >= 0.3 is 5.97 Å². The number of nitrogens with one attached hydrogen (secondary N) is 1. The Morgan fingerprint density at radius 3 is 2.32 bits per heavy atom. The number of ether oxygens (including phenoxy) is 1. The van der Waals surface area contributed by atoms with Gasteiger partial charge in [-0.2, -0.15) is 0 Å². The van der Waals surface area contributed by atoms with E-state index in [0.29, 0.717) is 25.0 Å². The molecule has 38 heavy (non-hydrogen) atoms. The minimum absolute atomic E-state index is 0.108. The quantitative estimate of drug-likeness (QED) is 0.280. The van der Waals surface area contributed by atoms with E-state index in [1.807, 2.05) is 0 Å². The molecule has 12 heteroatoms. The summed E-state index contributed by atoms with van der Waals surface area (Å²) in [5.41, 5.74) is -1.86. The SMILES string of the molecule is CCOC(=O)/C=C/[C@]1(O)CC2CC[C@@H](C1)[C@H]2S(=O)(=O)c1cc(C(=O)Nc2cc(F)c(F)c(F)c2)ccc1Cl. The average molecular weight is 572 g/mol. The fraction of sp³-hybridized carbons (Fsp3) is 0.385. The summed E-state index contributed by atoms with van der Waals surface area (Å²) >= 11 is 6.25. The monoisotopic (exact) mass is 571 g/mol. The highest BCUT2D eigenvalue weighted by molar-refractivity contribution is 7.92. The van der Waals surface area contributed by atoms with Crippen LogP contribution in [0.2, 0.25) is 5.02 Å². The number of sulfone groups is 1. The maximum atomic E-state index is 13.8. The van der Waals surface area contributed by atoms with Crippen LogP contribution in [0.25, 0.3) is 0 Å². The summed E-state index contributed by atoms with van der Waals surface area (Å²) in [6.07, 6.45) is 3.83. The maximum Gasteiger partial charge on any atom is 0.330 e. The van der Waals surface area contributed by atoms with Crippen LogP contribution >= 0.6 is 11.6 Å². The van der Waals surface area contributed by atoms with Crippen LogP contribution < -0.4 is 5.32 Å². The van der Waals surface area contributed by atoms with E-state index in [1.165, 1.54) is 18.2 Å². The van der Waals surface area contributed by atoms with E-state index < -0.39 is 61.9 Å². The van der Waals surface area contributed by atoms with Crippen LogP contribution in [0.15, 0.2) is 47.4 Å². The van der Waals surface area contributed by atoms with Gasteiger partial charge in [-0.05, 0) is 68.7 Å². The molecule has 4 atom stereocenters. The molecule has 2 aliphatic rings. The number of hydrogen-bond acceptors (Lipinski definition) is 6. The van der Waals surface area contributed by atoms with Crippen LogP contribution in [0.4, 0.5) is 18.9 Å². The Hall–Kier alpha value is -2.89. The summed E-state index contributed by atoms with van der Waals surface area (Å²) in [4.78, 5) is 24.1. The molecule has 0 spiro atoms. The molecule has 0 saturated heterocycles. The first-order chi connectivity index (χ1) is 17.8. The second-order valence-electron chi connectivity index (χ2n) is 9.56. The van der Waals surface area contributed by atoms with Gasteiger partial charge in [0.2, 0.25) is 0 Å². The number of aliphatic hydroxyl groups is 1. The summed E-state index contributed by atoms with van der Waals surface area (Å²) < 4.78 is 72.6. The minimum Gasteiger partial charge on any atom is -0.463 e. The van der Waals surface area contributed by atoms with Crippen molar-refractivity contribution in [3.63, 3.8) is 0 Å². The zero-order valence-electron chi connectivity index (χ0n) is 20.2. The van der Waals surface area contributed by atoms with E-state index in [1.54, 1.807) is 6.92 Å². The van der Waals surface area contributed by atoms with E-state index in [-0.39, 0.29) is 40.6 Å². The van der Waals surface area contributed by atoms with Crippen LogP contribution in [0.3, 0.4) is 0 Å². The van der Waals surface area contributed by atoms with Crippen LogP contribution in [-0.2, 0) is 19.4 Å². The highest BCUT2D eigenvalue weighted by Crippen LogP contribution is 2.51. The van der Waals surface area contributed by atoms with Crippen LogP contribution in [0.1, 0.15) is 43.0 Å². The van der Waals surface area contributed by atoms with Crippen molar-refractivity contribution >= 4 is 39.0 Å². The lowest BCUT2D eigenvalue weighted by atomic mass is 9.77. The molecule has 2 saturated carbocycles. The number of rotatable bonds is 7. The molecule has 2 aromatic rings. The summed E-state index contributed by atoms with van der Waals surface area (Å²) in [5, 5.41) is 12.3. The van der Waals surface area contributed by atoms with Gasteiger partial charge in [0.05, 0.1) is 27.4 Å². The Kier molecular flexibility index (Phi) is 7.92. The van der Waals surface area contributed by atoms with Crippen molar-refractivity contribution in [1.29, 1.82) is 0 Å². The fourth-order valence-electron chi connectivity index (χ4n) is 5.47. The highest BCUT2D eigenvalue weighted by atomic mass is 35.5. The van der Waals surface area contributed by atoms with Crippen LogP contribution in [0.5, 0.6) is 0 Å². The molecule has 204 valence electrons. The molecule has 0 heterocycles. The first-order valence-electron chi connectivity index (χ1n) is 11.9. The van der Waals surface area contributed by atoms with Gasteiger partial charge in [0.25, 0.3) is 5.91 Å². The van der Waals surface area contributed by atoms with Gasteiger partial charge in [-0.15, -0.1) is 0 Å². The van der Waals surface area contributed by atoms with Crippen molar-refractivity contribution in [2.45, 2.75) is 48.4 Å². The second-order valence-corrected chi connectivity index (χ2v) is 12.0. The standard InChI is InChI=1S/C26H25ClF3NO6S/c1-2-37-22(32)7-8-26(34)12-15-3-4-16(13-26)24(15)38(35,36)21-9-14(5-6-18(21)27)25(33)31-17-10-19(28)23(30)20(29)11-17/h5-11,15-16,24,34H,2-4,12-13H2,1H3,(H,31,33)/b8-7+/t15-,16?,24+,26+/m0/s1. The Bertz CT molecular complexity index is 1380. The number of carbonyl (C=O) groups excluding carboxylic acids is 2. The van der Waals surface area contributed by atoms with Gasteiger partial charge in [0, 0.05) is 29.5 Å². The van der Waals surface area contributed by atoms with Crippen LogP contribution in [-0.4, -0.2) is 42.9 Å². The molecule has 2 N–H and O–H groups in total. The Morgan fingerprint density at radius 1 is 1.13 bits per heavy atom. The van der Waals surface area contributed by atoms with Gasteiger partial charge in [-0.1, -0.05) is 11.6 Å². The Labute approximate surface area is 222 Å². The lowest BCUT2D eigenvalue weighted by Gasteiger charge is -2.39. The summed E-state index contributed by atoms with van der Waals surface area (Å²) in [6, 6.07) is 4.77. The zero-order valence-corrected chi connectivity index (χ0v) is 21.8. The van der Waals surface area contributed by atoms with Gasteiger partial charge in [-0.3, -0.25) is 4.79 Å². The van der Waals surface area contributed by atoms with Crippen molar-refractivity contribution in [3.05, 3.63) is 70.5 Å². The lowest BCUT2D eigenvalue weighted by Crippen LogP contribution is -2.45. The van der Waals surface area contributed by atoms with E-state index in [9.17, 15) is 36.3 Å². The van der Waals surface area contributed by atoms with E-state index >= 15 is 0 Å². The van der Waals surface area contributed by atoms with Crippen molar-refractivity contribution in [3.8, 4) is 0 Å². The topological polar surface area (TPSA) is 110 Å². The maximum absolute atomic E-state index is 13.8. The number of benzene rings is 2. The predicted octanol–water partition coefficient (Wildman–Crippen LogP) is 4.82. The van der Waals surface area contributed by atoms with Gasteiger partial charge < -0.3 is 15.2 Å². The van der Waals surface area contributed by atoms with E-state index in [4.69, 9.17) is 16.3 Å². The molecule has 2 fully saturated rings. The molecule has 0 radical (unpaired) electrons. The number of fused-ring (bicyclic) bond motifs is 2. The van der Waals surface area contributed by atoms with Crippen LogP contribution in [0, 0.1) is 29.3 Å². The van der Waals surface area contributed by atoms with Gasteiger partial charge in [0.1, 0.15) is 0 Å². The van der Waals surface area contributed by atoms with Crippen molar-refractivity contribution in [1.82, 2.24) is 0 Å². The van der Waals surface area contributed by atoms with Gasteiger partial charge in [-0.25, -0.2) is 26.4 Å². The molecular formula is C26H25ClF3NO6S. The lowest BCUT2D eigenvalue weighted by molar-refractivity contribution is -0.137. The minimum atomic E-state index is -4.07. The molecule has 2 aromatic carbocycles. The number of halogens is 4. The number of esters is 1. The number of hydrogen-bond donors (Lipinski definition) is 2. The number of amides is 1. The molecule has 7 nitrogen and oxygen atoms in total. The summed E-state index contributed by atoms with van der Waals surface area (Å²) in [7, 11) is -4.07. The second kappa shape index (κ2) is 10.7. The third-order valence-corrected chi connectivity index (χ3v) is 9.86. The average Bonchev–Trinajstić information content (AvgIpc) is 3.15. The van der Waals surface area contributed by atoms with E-state index in [0.717, 1.165) is 12.1 Å². The van der Waals surface area contributed by atoms with Crippen molar-refractivity contribution < 1.29 is 41.0 Å². The predicted molar refractivity (Wildman–Crippen MR) is 133 cm³/mol. The largest absolute Gasteiger partial charge is 0.463 e. The Morgan fingerprint density at radius 2 is 1.74 bits per heavy atom. The fourth-order valence-corrected chi connectivity index (χ4v) is 8.31. The summed E-state index contributed by atoms with van der Waals surface area (Å²) in [5.74, 6) is -7.00. The van der Waals surface area contributed by atoms with Crippen molar-refractivity contribution in [2.24, 2.45) is 11.8 Å². The smallest absolute Gasteiger partial charge is 0.330 e. The third-order valence-electron chi connectivity index (χ3n) is 6.98. The molecule has 0 aromatic heterocycles. The summed E-state index contributed by atoms with van der Waals surface area (Å²) in [6.45, 7) is 1.84. The first-order valence-corrected chi connectivity index (χ1v) is 13.8. The zero-order chi connectivity index (χ0) is 27.8. The molecule has 1 unspecified atom stereocenters. The normalized spacial score (nSPS) is 24.9. The molecule has 0 aliphatic heterocycles. The number of carbonyl (C=O) groups is 2.